The standard InChI is InChI=1S/C23H26N2O5S/c1-29-17-7-5-16(6-8-17)21(26)19-20(18-4-2-15-31-18)25(23(28)22(19)27)10-3-9-24-11-13-30-14-12-24/h2,4-8,15,20,26H,3,9-14H2,1H3/b21-19+/t20-/m1/s1. The summed E-state index contributed by atoms with van der Waals surface area (Å²) in [5.41, 5.74) is 0.623. The van der Waals surface area contributed by atoms with Crippen LogP contribution in [0.25, 0.3) is 5.76 Å². The van der Waals surface area contributed by atoms with Gasteiger partial charge in [0.15, 0.2) is 0 Å². The maximum absolute atomic E-state index is 13.0. The van der Waals surface area contributed by atoms with Crippen molar-refractivity contribution >= 4 is 28.8 Å². The number of hydrogen-bond acceptors (Lipinski definition) is 7. The predicted molar refractivity (Wildman–Crippen MR) is 118 cm³/mol. The number of carbonyl (C=O) groups is 2. The van der Waals surface area contributed by atoms with Gasteiger partial charge in [-0.25, -0.2) is 0 Å². The fourth-order valence-electron chi connectivity index (χ4n) is 4.05. The third-order valence-corrected chi connectivity index (χ3v) is 6.62. The van der Waals surface area contributed by atoms with E-state index in [1.54, 1.807) is 36.3 Å². The van der Waals surface area contributed by atoms with Crippen LogP contribution in [0.5, 0.6) is 5.75 Å². The van der Waals surface area contributed by atoms with Gasteiger partial charge >= 0.3 is 0 Å². The van der Waals surface area contributed by atoms with E-state index in [-0.39, 0.29) is 11.3 Å². The SMILES string of the molecule is COc1ccc(/C(O)=C2\C(=O)C(=O)N(CCCN3CCOCC3)[C@@H]2c2cccs2)cc1. The average molecular weight is 443 g/mol. The number of hydrogen-bond donors (Lipinski definition) is 1. The molecule has 0 spiro atoms. The number of nitrogens with zero attached hydrogens (tertiary/aromatic N) is 2. The van der Waals surface area contributed by atoms with Crippen molar-refractivity contribution < 1.29 is 24.2 Å². The second-order valence-electron chi connectivity index (χ2n) is 7.54. The molecule has 0 unspecified atom stereocenters. The van der Waals surface area contributed by atoms with Crippen molar-refractivity contribution in [1.82, 2.24) is 9.80 Å². The van der Waals surface area contributed by atoms with Gasteiger partial charge in [-0.15, -0.1) is 11.3 Å². The molecule has 2 aliphatic heterocycles. The van der Waals surface area contributed by atoms with Gasteiger partial charge in [0.25, 0.3) is 11.7 Å². The smallest absolute Gasteiger partial charge is 0.295 e. The van der Waals surface area contributed by atoms with Crippen molar-refractivity contribution in [3.8, 4) is 5.75 Å². The molecule has 31 heavy (non-hydrogen) atoms. The third kappa shape index (κ3) is 4.51. The van der Waals surface area contributed by atoms with Crippen molar-refractivity contribution in [1.29, 1.82) is 0 Å². The van der Waals surface area contributed by atoms with Crippen LogP contribution in [-0.4, -0.2) is 73.1 Å². The first-order valence-corrected chi connectivity index (χ1v) is 11.2. The van der Waals surface area contributed by atoms with Gasteiger partial charge in [-0.1, -0.05) is 6.07 Å². The first kappa shape index (κ1) is 21.5. The molecule has 2 aromatic rings. The molecule has 1 aromatic carbocycles. The second kappa shape index (κ2) is 9.64. The summed E-state index contributed by atoms with van der Waals surface area (Å²) in [6, 6.07) is 10.0. The van der Waals surface area contributed by atoms with Gasteiger partial charge in [0.05, 0.1) is 31.9 Å². The second-order valence-corrected chi connectivity index (χ2v) is 8.52. The molecule has 0 radical (unpaired) electrons. The van der Waals surface area contributed by atoms with Gasteiger partial charge in [0, 0.05) is 36.6 Å². The molecular weight excluding hydrogens is 416 g/mol. The van der Waals surface area contributed by atoms with E-state index in [1.807, 2.05) is 17.5 Å². The first-order chi connectivity index (χ1) is 15.1. The molecule has 3 heterocycles. The van der Waals surface area contributed by atoms with Crippen LogP contribution >= 0.6 is 11.3 Å². The monoisotopic (exact) mass is 442 g/mol. The normalized spacial score (nSPS) is 21.6. The molecule has 4 rings (SSSR count). The van der Waals surface area contributed by atoms with Crippen LogP contribution < -0.4 is 4.74 Å². The highest BCUT2D eigenvalue weighted by Gasteiger charge is 2.46. The van der Waals surface area contributed by atoms with E-state index in [4.69, 9.17) is 9.47 Å². The number of ether oxygens (including phenoxy) is 2. The number of ketones is 1. The summed E-state index contributed by atoms with van der Waals surface area (Å²) in [7, 11) is 1.56. The number of aliphatic hydroxyl groups excluding tert-OH is 1. The lowest BCUT2D eigenvalue weighted by Crippen LogP contribution is -2.38. The van der Waals surface area contributed by atoms with Gasteiger partial charge in [0.1, 0.15) is 11.5 Å². The summed E-state index contributed by atoms with van der Waals surface area (Å²) in [4.78, 5) is 30.7. The number of amides is 1. The van der Waals surface area contributed by atoms with Crippen LogP contribution in [0.3, 0.4) is 0 Å². The van der Waals surface area contributed by atoms with Gasteiger partial charge in [-0.3, -0.25) is 14.5 Å². The Labute approximate surface area is 185 Å². The van der Waals surface area contributed by atoms with E-state index in [1.165, 1.54) is 11.3 Å². The molecule has 1 aromatic heterocycles. The highest BCUT2D eigenvalue weighted by atomic mass is 32.1. The van der Waals surface area contributed by atoms with Gasteiger partial charge in [0.2, 0.25) is 0 Å². The molecule has 2 saturated heterocycles. The number of carbonyl (C=O) groups excluding carboxylic acids is 2. The maximum Gasteiger partial charge on any atom is 0.295 e. The lowest BCUT2D eigenvalue weighted by atomic mass is 10.00. The van der Waals surface area contributed by atoms with Crippen LogP contribution in [-0.2, 0) is 14.3 Å². The zero-order chi connectivity index (χ0) is 21.8. The Balaban J connectivity index is 1.61. The molecule has 7 nitrogen and oxygen atoms in total. The number of rotatable bonds is 7. The Morgan fingerprint density at radius 1 is 1.16 bits per heavy atom. The predicted octanol–water partition coefficient (Wildman–Crippen LogP) is 2.90. The van der Waals surface area contributed by atoms with Crippen molar-refractivity contribution in [3.05, 3.63) is 57.8 Å². The zero-order valence-corrected chi connectivity index (χ0v) is 18.3. The summed E-state index contributed by atoms with van der Waals surface area (Å²) in [6.07, 6.45) is 0.747. The molecule has 0 saturated carbocycles. The van der Waals surface area contributed by atoms with Crippen molar-refractivity contribution in [3.63, 3.8) is 0 Å². The molecule has 2 fully saturated rings. The van der Waals surface area contributed by atoms with Gasteiger partial charge in [-0.2, -0.15) is 0 Å². The van der Waals surface area contributed by atoms with E-state index >= 15 is 0 Å². The molecule has 1 amide bonds. The fraction of sp³-hybridized carbons (Fsp3) is 0.391. The highest BCUT2D eigenvalue weighted by Crippen LogP contribution is 2.41. The molecular formula is C23H26N2O5S. The molecule has 164 valence electrons. The number of methoxy groups -OCH3 is 1. The molecule has 1 atom stereocenters. The number of benzene rings is 1. The van der Waals surface area contributed by atoms with Crippen molar-refractivity contribution in [2.75, 3.05) is 46.5 Å². The summed E-state index contributed by atoms with van der Waals surface area (Å²) >= 11 is 1.47. The minimum Gasteiger partial charge on any atom is -0.507 e. The van der Waals surface area contributed by atoms with E-state index in [0.29, 0.717) is 17.9 Å². The van der Waals surface area contributed by atoms with Crippen LogP contribution in [0.4, 0.5) is 0 Å². The zero-order valence-electron chi connectivity index (χ0n) is 17.5. The third-order valence-electron chi connectivity index (χ3n) is 5.69. The molecule has 8 heteroatoms. The fourth-order valence-corrected chi connectivity index (χ4v) is 4.89. The summed E-state index contributed by atoms with van der Waals surface area (Å²) in [5.74, 6) is -0.710. The summed E-state index contributed by atoms with van der Waals surface area (Å²) in [5, 5.41) is 12.9. The van der Waals surface area contributed by atoms with E-state index < -0.39 is 17.7 Å². The van der Waals surface area contributed by atoms with Crippen molar-refractivity contribution in [2.45, 2.75) is 12.5 Å². The summed E-state index contributed by atoms with van der Waals surface area (Å²) < 4.78 is 10.5. The number of morpholine rings is 1. The van der Waals surface area contributed by atoms with E-state index in [0.717, 1.165) is 44.1 Å². The Morgan fingerprint density at radius 2 is 1.90 bits per heavy atom. The lowest BCUT2D eigenvalue weighted by Gasteiger charge is -2.28. The Morgan fingerprint density at radius 3 is 2.55 bits per heavy atom. The minimum absolute atomic E-state index is 0.143. The first-order valence-electron chi connectivity index (χ1n) is 10.4. The molecule has 0 bridgehead atoms. The molecule has 1 N–H and O–H groups in total. The largest absolute Gasteiger partial charge is 0.507 e. The average Bonchev–Trinajstić information content (AvgIpc) is 3.42. The number of likely N-dealkylation sites (tertiary alicyclic amines) is 1. The number of aliphatic hydroxyl groups is 1. The topological polar surface area (TPSA) is 79.3 Å². The van der Waals surface area contributed by atoms with Gasteiger partial charge < -0.3 is 19.5 Å². The highest BCUT2D eigenvalue weighted by molar-refractivity contribution is 7.10. The van der Waals surface area contributed by atoms with Crippen LogP contribution in [0, 0.1) is 0 Å². The maximum atomic E-state index is 13.0. The number of thiophene rings is 1. The Bertz CT molecular complexity index is 949. The summed E-state index contributed by atoms with van der Waals surface area (Å²) in [6.45, 7) is 4.49. The van der Waals surface area contributed by atoms with E-state index in [2.05, 4.69) is 4.90 Å². The molecule has 0 aliphatic carbocycles. The number of Topliss-reactive ketones (excluding diaryl/α,β-unsaturated/α-hetero) is 1. The quantitative estimate of drug-likeness (QED) is 0.404. The Hall–Kier alpha value is -2.68. The van der Waals surface area contributed by atoms with Gasteiger partial charge in [-0.05, 0) is 42.1 Å². The van der Waals surface area contributed by atoms with Crippen molar-refractivity contribution in [2.24, 2.45) is 0 Å². The van der Waals surface area contributed by atoms with Crippen LogP contribution in [0.2, 0.25) is 0 Å². The minimum atomic E-state index is -0.641. The van der Waals surface area contributed by atoms with E-state index in [9.17, 15) is 14.7 Å². The lowest BCUT2D eigenvalue weighted by molar-refractivity contribution is -0.140. The van der Waals surface area contributed by atoms with Crippen LogP contribution in [0.15, 0.2) is 47.4 Å². The Kier molecular flexibility index (Phi) is 6.70. The molecule has 2 aliphatic rings. The van der Waals surface area contributed by atoms with Crippen LogP contribution in [0.1, 0.15) is 22.9 Å².